The van der Waals surface area contributed by atoms with Gasteiger partial charge >= 0.3 is 24.1 Å². The van der Waals surface area contributed by atoms with E-state index in [9.17, 15) is 19.2 Å². The summed E-state index contributed by atoms with van der Waals surface area (Å²) in [5, 5.41) is 2.82. The van der Waals surface area contributed by atoms with Gasteiger partial charge in [0.2, 0.25) is 0 Å². The van der Waals surface area contributed by atoms with E-state index in [1.165, 1.54) is 19.3 Å². The van der Waals surface area contributed by atoms with Crippen LogP contribution < -0.4 is 11.1 Å². The first-order chi connectivity index (χ1) is 25.4. The molecule has 0 aromatic carbocycles. The highest BCUT2D eigenvalue weighted by atomic mass is 16.6. The van der Waals surface area contributed by atoms with Crippen LogP contribution in [0.1, 0.15) is 129 Å². The Balaban J connectivity index is 0.000000429. The molecule has 0 bridgehead atoms. The third-order valence-corrected chi connectivity index (χ3v) is 10.5. The number of unbranched alkanes of at least 4 members (excludes halogenated alkanes) is 7. The first-order valence-corrected chi connectivity index (χ1v) is 20.0. The predicted octanol–water partition coefficient (Wildman–Crippen LogP) is 7.09. The second kappa shape index (κ2) is 26.3. The lowest BCUT2D eigenvalue weighted by molar-refractivity contribution is -0.146. The van der Waals surface area contributed by atoms with Crippen molar-refractivity contribution in [2.75, 3.05) is 46.2 Å². The van der Waals surface area contributed by atoms with Crippen LogP contribution in [0.4, 0.5) is 9.59 Å². The molecule has 0 aromatic heterocycles. The topological polar surface area (TPSA) is 152 Å². The van der Waals surface area contributed by atoms with Gasteiger partial charge in [0.15, 0.2) is 0 Å². The van der Waals surface area contributed by atoms with E-state index in [4.69, 9.17) is 29.4 Å². The van der Waals surface area contributed by atoms with Crippen molar-refractivity contribution in [2.45, 2.75) is 129 Å². The molecular weight excluding hydrogens is 664 g/mol. The van der Waals surface area contributed by atoms with Gasteiger partial charge in [-0.2, -0.15) is 0 Å². The van der Waals surface area contributed by atoms with E-state index in [0.29, 0.717) is 69.5 Å². The van der Waals surface area contributed by atoms with Crippen LogP contribution in [0, 0.1) is 59.2 Å². The maximum Gasteiger partial charge on any atom is 0.407 e. The van der Waals surface area contributed by atoms with E-state index in [1.807, 2.05) is 0 Å². The lowest BCUT2D eigenvalue weighted by Crippen LogP contribution is -2.26. The van der Waals surface area contributed by atoms with Crippen molar-refractivity contribution in [1.82, 2.24) is 5.32 Å². The monoisotopic (exact) mass is 728 g/mol. The molecule has 292 valence electrons. The zero-order valence-electron chi connectivity index (χ0n) is 31.6. The molecule has 0 heterocycles. The van der Waals surface area contributed by atoms with Crippen LogP contribution in [0.15, 0.2) is 0 Å². The normalized spacial score (nSPS) is 23.6. The molecule has 52 heavy (non-hydrogen) atoms. The number of amides is 2. The molecule has 6 atom stereocenters. The maximum absolute atomic E-state index is 11.9. The number of primary amides is 1. The molecule has 11 nitrogen and oxygen atoms in total. The summed E-state index contributed by atoms with van der Waals surface area (Å²) in [6, 6.07) is 0. The van der Waals surface area contributed by atoms with Gasteiger partial charge < -0.3 is 34.7 Å². The standard InChI is InChI=1S/C30H49NO7.C11H15NO2/c1-2-3-4-5-12-17-28(32)36-22-20-35-21-23-37-29(33)18-13-8-9-14-19-31-30(34)38-24-27-25-15-10-6-7-11-16-26(25)27;12-11(13)14-7-10-8-5-3-1-2-4-6-9(8)10/h25-27H,2-5,8-24H2,1H3,(H,31,34);8-10H,3-7H2,(H2,12,13)/t25-,26+,27?;8-,9+,10?. The fraction of sp³-hybridized carbons (Fsp3) is 0.805. The zero-order chi connectivity index (χ0) is 37.2. The van der Waals surface area contributed by atoms with Crippen LogP contribution in [0.25, 0.3) is 0 Å². The summed E-state index contributed by atoms with van der Waals surface area (Å²) >= 11 is 0. The quantitative estimate of drug-likeness (QED) is 0.0486. The van der Waals surface area contributed by atoms with Crippen molar-refractivity contribution in [3.05, 3.63) is 0 Å². The molecule has 4 aliphatic carbocycles. The van der Waals surface area contributed by atoms with Crippen LogP contribution >= 0.6 is 0 Å². The number of carbonyl (C=O) groups is 4. The molecule has 0 spiro atoms. The maximum atomic E-state index is 11.9. The fourth-order valence-electron chi connectivity index (χ4n) is 7.45. The molecule has 2 unspecified atom stereocenters. The summed E-state index contributed by atoms with van der Waals surface area (Å²) < 4.78 is 25.9. The van der Waals surface area contributed by atoms with Gasteiger partial charge in [-0.1, -0.05) is 45.4 Å². The molecular formula is C41H64N2O9. The molecule has 2 saturated carbocycles. The molecule has 3 N–H and O–H groups in total. The Kier molecular flexibility index (Phi) is 21.8. The van der Waals surface area contributed by atoms with Crippen molar-refractivity contribution >= 4 is 24.1 Å². The Bertz CT molecular complexity index is 1170. The fourth-order valence-corrected chi connectivity index (χ4v) is 7.45. The van der Waals surface area contributed by atoms with Crippen molar-refractivity contribution in [1.29, 1.82) is 0 Å². The van der Waals surface area contributed by atoms with E-state index in [2.05, 4.69) is 35.9 Å². The number of hydrogen-bond donors (Lipinski definition) is 2. The van der Waals surface area contributed by atoms with Crippen LogP contribution in [0.5, 0.6) is 0 Å². The highest BCUT2D eigenvalue weighted by Gasteiger charge is 2.50. The molecule has 4 aliphatic rings. The molecule has 0 saturated heterocycles. The number of nitrogens with two attached hydrogens (primary N) is 1. The highest BCUT2D eigenvalue weighted by molar-refractivity contribution is 5.69. The Labute approximate surface area is 311 Å². The summed E-state index contributed by atoms with van der Waals surface area (Å²) in [7, 11) is 0. The molecule has 0 aromatic rings. The van der Waals surface area contributed by atoms with Crippen LogP contribution in [0.2, 0.25) is 0 Å². The Hall–Kier alpha value is -3.44. The minimum absolute atomic E-state index is 0.181. The average Bonchev–Trinajstić information content (AvgIpc) is 3.97. The number of carbonyl (C=O) groups excluding carboxylic acids is 4. The molecule has 2 amide bonds. The molecule has 4 rings (SSSR count). The van der Waals surface area contributed by atoms with Crippen molar-refractivity contribution in [3.63, 3.8) is 0 Å². The minimum Gasteiger partial charge on any atom is -0.463 e. The lowest BCUT2D eigenvalue weighted by Gasteiger charge is -2.08. The minimum atomic E-state index is -0.652. The third-order valence-electron chi connectivity index (χ3n) is 10.5. The van der Waals surface area contributed by atoms with E-state index in [0.717, 1.165) is 102 Å². The van der Waals surface area contributed by atoms with Crippen LogP contribution in [0.3, 0.4) is 0 Å². The van der Waals surface area contributed by atoms with Crippen molar-refractivity contribution in [2.24, 2.45) is 41.2 Å². The molecule has 0 aliphatic heterocycles. The summed E-state index contributed by atoms with van der Waals surface area (Å²) in [6.45, 7) is 4.79. The van der Waals surface area contributed by atoms with E-state index in [1.54, 1.807) is 0 Å². The smallest absolute Gasteiger partial charge is 0.407 e. The van der Waals surface area contributed by atoms with Gasteiger partial charge in [0.25, 0.3) is 0 Å². The summed E-state index contributed by atoms with van der Waals surface area (Å²) in [6.07, 6.45) is 17.3. The third kappa shape index (κ3) is 18.9. The lowest BCUT2D eigenvalue weighted by atomic mass is 10.1. The van der Waals surface area contributed by atoms with Gasteiger partial charge in [0, 0.05) is 45.1 Å². The van der Waals surface area contributed by atoms with Gasteiger partial charge in [-0.3, -0.25) is 9.59 Å². The van der Waals surface area contributed by atoms with Gasteiger partial charge in [0.05, 0.1) is 26.4 Å². The number of ether oxygens (including phenoxy) is 5. The number of alkyl carbamates (subject to hydrolysis) is 1. The van der Waals surface area contributed by atoms with Crippen molar-refractivity contribution in [3.8, 4) is 23.7 Å². The SMILES string of the molecule is CCCCCCCC(=O)OCCOCCOC(=O)CCCCCCNC(=O)OCC1[C@H]2CCC#CCC[C@@H]12.NC(=O)OCC1[C@H]2CCC#CCC[C@@H]12. The van der Waals surface area contributed by atoms with E-state index >= 15 is 0 Å². The van der Waals surface area contributed by atoms with Gasteiger partial charge in [0.1, 0.15) is 13.2 Å². The van der Waals surface area contributed by atoms with Gasteiger partial charge in [-0.15, -0.1) is 23.7 Å². The van der Waals surface area contributed by atoms with E-state index < -0.39 is 6.09 Å². The predicted molar refractivity (Wildman–Crippen MR) is 198 cm³/mol. The first kappa shape index (κ1) is 43.0. The van der Waals surface area contributed by atoms with Gasteiger partial charge in [-0.05, 0) is 80.5 Å². The Morgan fingerprint density at radius 2 is 1.02 bits per heavy atom. The number of fused-ring (bicyclic) bond motifs is 2. The summed E-state index contributed by atoms with van der Waals surface area (Å²) in [4.78, 5) is 45.8. The van der Waals surface area contributed by atoms with E-state index in [-0.39, 0.29) is 31.2 Å². The summed E-state index contributed by atoms with van der Waals surface area (Å²) in [5.41, 5.74) is 4.93. The first-order valence-electron chi connectivity index (χ1n) is 20.0. The number of rotatable bonds is 23. The Morgan fingerprint density at radius 3 is 1.48 bits per heavy atom. The van der Waals surface area contributed by atoms with Crippen molar-refractivity contribution < 1.29 is 42.9 Å². The summed E-state index contributed by atoms with van der Waals surface area (Å²) in [5.74, 6) is 16.2. The second-order valence-corrected chi connectivity index (χ2v) is 14.4. The Morgan fingerprint density at radius 1 is 0.577 bits per heavy atom. The number of esters is 2. The highest BCUT2D eigenvalue weighted by Crippen LogP contribution is 2.53. The average molecular weight is 729 g/mol. The second-order valence-electron chi connectivity index (χ2n) is 14.4. The van der Waals surface area contributed by atoms with Gasteiger partial charge in [-0.25, -0.2) is 9.59 Å². The molecule has 11 heteroatoms. The van der Waals surface area contributed by atoms with Crippen LogP contribution in [-0.2, 0) is 33.3 Å². The molecule has 0 radical (unpaired) electrons. The molecule has 2 fully saturated rings. The largest absolute Gasteiger partial charge is 0.463 e. The number of nitrogens with one attached hydrogen (secondary N) is 1. The number of hydrogen-bond acceptors (Lipinski definition) is 9. The van der Waals surface area contributed by atoms with Crippen LogP contribution in [-0.4, -0.2) is 70.3 Å². The zero-order valence-corrected chi connectivity index (χ0v) is 31.6.